The Morgan fingerprint density at radius 1 is 1.80 bits per heavy atom. The largest absolute Gasteiger partial charge is 0.328 e. The monoisotopic (exact) mass is 219 g/mol. The van der Waals surface area contributed by atoms with E-state index in [4.69, 9.17) is 5.73 Å². The molecule has 0 bridgehead atoms. The molecule has 2 N–H and O–H groups in total. The third kappa shape index (κ3) is 2.08. The van der Waals surface area contributed by atoms with Gasteiger partial charge < -0.3 is 5.73 Å². The van der Waals surface area contributed by atoms with Crippen molar-refractivity contribution >= 4 is 27.3 Å². The molecule has 10 heavy (non-hydrogen) atoms. The van der Waals surface area contributed by atoms with Gasteiger partial charge in [-0.2, -0.15) is 0 Å². The number of rotatable bonds is 2. The molecule has 0 aliphatic heterocycles. The Labute approximate surface area is 73.4 Å². The van der Waals surface area contributed by atoms with Crippen LogP contribution in [0.25, 0.3) is 0 Å². The molecule has 0 amide bonds. The molecule has 0 aliphatic carbocycles. The highest BCUT2D eigenvalue weighted by molar-refractivity contribution is 9.10. The van der Waals surface area contributed by atoms with Crippen LogP contribution in [0.1, 0.15) is 11.8 Å². The first kappa shape index (κ1) is 8.24. The van der Waals surface area contributed by atoms with Crippen molar-refractivity contribution in [2.45, 2.75) is 19.4 Å². The van der Waals surface area contributed by atoms with E-state index in [1.165, 1.54) is 9.35 Å². The summed E-state index contributed by atoms with van der Waals surface area (Å²) >= 11 is 5.20. The Morgan fingerprint density at radius 3 is 2.90 bits per heavy atom. The lowest BCUT2D eigenvalue weighted by molar-refractivity contribution is 0.745. The van der Waals surface area contributed by atoms with E-state index in [0.717, 1.165) is 6.42 Å². The molecule has 0 aromatic carbocycles. The van der Waals surface area contributed by atoms with E-state index in [1.54, 1.807) is 11.3 Å². The van der Waals surface area contributed by atoms with Crippen molar-refractivity contribution in [3.8, 4) is 0 Å². The third-order valence-electron chi connectivity index (χ3n) is 1.20. The summed E-state index contributed by atoms with van der Waals surface area (Å²) in [7, 11) is 0. The maximum atomic E-state index is 5.64. The van der Waals surface area contributed by atoms with Crippen LogP contribution in [0, 0.1) is 0 Å². The number of halogens is 1. The molecule has 1 rings (SSSR count). The molecule has 1 atom stereocenters. The molecule has 1 aromatic rings. The fourth-order valence-electron chi connectivity index (χ4n) is 0.763. The first-order valence-corrected chi connectivity index (χ1v) is 4.85. The fourth-order valence-corrected chi connectivity index (χ4v) is 2.42. The lowest BCUT2D eigenvalue weighted by atomic mass is 10.2. The van der Waals surface area contributed by atoms with Gasteiger partial charge in [0.05, 0.1) is 0 Å². The summed E-state index contributed by atoms with van der Waals surface area (Å²) in [5.41, 5.74) is 5.64. The topological polar surface area (TPSA) is 26.0 Å². The molecular weight excluding hydrogens is 210 g/mol. The van der Waals surface area contributed by atoms with Crippen molar-refractivity contribution in [3.63, 3.8) is 0 Å². The summed E-state index contributed by atoms with van der Waals surface area (Å²) in [6.45, 7) is 2.02. The molecule has 0 saturated heterocycles. The SMILES string of the molecule is C[C@H](N)Cc1sccc1Br. The van der Waals surface area contributed by atoms with Crippen LogP contribution < -0.4 is 5.73 Å². The van der Waals surface area contributed by atoms with Crippen molar-refractivity contribution in [3.05, 3.63) is 20.8 Å². The smallest absolute Gasteiger partial charge is 0.0314 e. The minimum absolute atomic E-state index is 0.259. The molecule has 1 heterocycles. The van der Waals surface area contributed by atoms with Crippen molar-refractivity contribution in [1.82, 2.24) is 0 Å². The van der Waals surface area contributed by atoms with E-state index in [-0.39, 0.29) is 6.04 Å². The highest BCUT2D eigenvalue weighted by atomic mass is 79.9. The Kier molecular flexibility index (Phi) is 2.89. The van der Waals surface area contributed by atoms with Crippen LogP contribution in [0.5, 0.6) is 0 Å². The highest BCUT2D eigenvalue weighted by Gasteiger charge is 2.02. The molecule has 1 aromatic heterocycles. The second-order valence-corrected chi connectivity index (χ2v) is 4.23. The molecule has 1 nitrogen and oxygen atoms in total. The zero-order valence-electron chi connectivity index (χ0n) is 5.80. The maximum Gasteiger partial charge on any atom is 0.0314 e. The first-order valence-electron chi connectivity index (χ1n) is 3.17. The van der Waals surface area contributed by atoms with Gasteiger partial charge in [-0.1, -0.05) is 0 Å². The number of hydrogen-bond acceptors (Lipinski definition) is 2. The molecule has 56 valence electrons. The van der Waals surface area contributed by atoms with Crippen LogP contribution in [-0.4, -0.2) is 6.04 Å². The van der Waals surface area contributed by atoms with E-state index in [2.05, 4.69) is 27.4 Å². The summed E-state index contributed by atoms with van der Waals surface area (Å²) < 4.78 is 1.19. The summed E-state index contributed by atoms with van der Waals surface area (Å²) in [6, 6.07) is 2.32. The molecule has 0 fully saturated rings. The minimum Gasteiger partial charge on any atom is -0.328 e. The van der Waals surface area contributed by atoms with Crippen molar-refractivity contribution < 1.29 is 0 Å². The zero-order valence-corrected chi connectivity index (χ0v) is 8.21. The summed E-state index contributed by atoms with van der Waals surface area (Å²) in [5.74, 6) is 0. The Morgan fingerprint density at radius 2 is 2.50 bits per heavy atom. The van der Waals surface area contributed by atoms with Gasteiger partial charge in [0.1, 0.15) is 0 Å². The summed E-state index contributed by atoms with van der Waals surface area (Å²) in [4.78, 5) is 1.34. The first-order chi connectivity index (χ1) is 4.70. The van der Waals surface area contributed by atoms with E-state index in [1.807, 2.05) is 6.92 Å². The Balaban J connectivity index is 2.65. The number of hydrogen-bond donors (Lipinski definition) is 1. The van der Waals surface area contributed by atoms with Gasteiger partial charge in [0.15, 0.2) is 0 Å². The lowest BCUT2D eigenvalue weighted by Crippen LogP contribution is -2.17. The predicted molar refractivity (Wildman–Crippen MR) is 49.4 cm³/mol. The van der Waals surface area contributed by atoms with Crippen molar-refractivity contribution in [1.29, 1.82) is 0 Å². The van der Waals surface area contributed by atoms with E-state index in [0.29, 0.717) is 0 Å². The highest BCUT2D eigenvalue weighted by Crippen LogP contribution is 2.23. The Bertz CT molecular complexity index is 207. The number of nitrogens with two attached hydrogens (primary N) is 1. The van der Waals surface area contributed by atoms with Gasteiger partial charge >= 0.3 is 0 Å². The molecule has 0 radical (unpaired) electrons. The van der Waals surface area contributed by atoms with Crippen LogP contribution in [-0.2, 0) is 6.42 Å². The third-order valence-corrected chi connectivity index (χ3v) is 3.15. The predicted octanol–water partition coefficient (Wildman–Crippen LogP) is 2.40. The van der Waals surface area contributed by atoms with Crippen LogP contribution in [0.4, 0.5) is 0 Å². The molecule has 0 saturated carbocycles. The Hall–Kier alpha value is 0.140. The van der Waals surface area contributed by atoms with Crippen LogP contribution in [0.3, 0.4) is 0 Å². The van der Waals surface area contributed by atoms with Gasteiger partial charge in [-0.3, -0.25) is 0 Å². The van der Waals surface area contributed by atoms with Crippen molar-refractivity contribution in [2.75, 3.05) is 0 Å². The average Bonchev–Trinajstić information content (AvgIpc) is 2.15. The van der Waals surface area contributed by atoms with Gasteiger partial charge in [0, 0.05) is 15.4 Å². The standard InChI is InChI=1S/C7H10BrNS/c1-5(9)4-7-6(8)2-3-10-7/h2-3,5H,4,9H2,1H3/t5-/m0/s1. The van der Waals surface area contributed by atoms with Crippen LogP contribution in [0.2, 0.25) is 0 Å². The van der Waals surface area contributed by atoms with Crippen LogP contribution >= 0.6 is 27.3 Å². The molecule has 0 aliphatic rings. The van der Waals surface area contributed by atoms with E-state index < -0.39 is 0 Å². The van der Waals surface area contributed by atoms with Crippen molar-refractivity contribution in [2.24, 2.45) is 5.73 Å². The summed E-state index contributed by atoms with van der Waals surface area (Å²) in [5, 5.41) is 2.07. The lowest BCUT2D eigenvalue weighted by Gasteiger charge is -2.01. The fraction of sp³-hybridized carbons (Fsp3) is 0.429. The molecular formula is C7H10BrNS. The molecule has 3 heteroatoms. The van der Waals surface area contributed by atoms with E-state index >= 15 is 0 Å². The second-order valence-electron chi connectivity index (χ2n) is 2.37. The molecule has 0 spiro atoms. The zero-order chi connectivity index (χ0) is 7.56. The van der Waals surface area contributed by atoms with Gasteiger partial charge in [0.25, 0.3) is 0 Å². The maximum absolute atomic E-state index is 5.64. The molecule has 0 unspecified atom stereocenters. The quantitative estimate of drug-likeness (QED) is 0.813. The van der Waals surface area contributed by atoms with E-state index in [9.17, 15) is 0 Å². The summed E-state index contributed by atoms with van der Waals surface area (Å²) in [6.07, 6.45) is 0.970. The van der Waals surface area contributed by atoms with Crippen LogP contribution in [0.15, 0.2) is 15.9 Å². The minimum atomic E-state index is 0.259. The average molecular weight is 220 g/mol. The van der Waals surface area contributed by atoms with Gasteiger partial charge in [-0.15, -0.1) is 11.3 Å². The number of thiophene rings is 1. The van der Waals surface area contributed by atoms with Gasteiger partial charge in [-0.05, 0) is 40.7 Å². The second kappa shape index (κ2) is 3.51. The van der Waals surface area contributed by atoms with Gasteiger partial charge in [-0.25, -0.2) is 0 Å². The van der Waals surface area contributed by atoms with Gasteiger partial charge in [0.2, 0.25) is 0 Å². The normalized spacial score (nSPS) is 13.5.